The number of nitrogens with one attached hydrogen (secondary N) is 3. The molecule has 2 aliphatic heterocycles. The van der Waals surface area contributed by atoms with Gasteiger partial charge in [-0.15, -0.1) is 0 Å². The van der Waals surface area contributed by atoms with E-state index in [1.807, 2.05) is 17.3 Å². The number of methoxy groups -OCH3 is 1. The van der Waals surface area contributed by atoms with Crippen LogP contribution in [-0.4, -0.2) is 86.2 Å². The van der Waals surface area contributed by atoms with Crippen molar-refractivity contribution in [3.05, 3.63) is 48.1 Å². The largest absolute Gasteiger partial charge is 0.481 e. The van der Waals surface area contributed by atoms with Crippen LogP contribution in [0, 0.1) is 11.7 Å². The fourth-order valence-electron chi connectivity index (χ4n) is 6.24. The fourth-order valence-corrected chi connectivity index (χ4v) is 6.24. The smallest absolute Gasteiger partial charge is 0.272 e. The highest BCUT2D eigenvalue weighted by Gasteiger charge is 2.54. The van der Waals surface area contributed by atoms with Crippen molar-refractivity contribution in [1.29, 1.82) is 0 Å². The number of carbonyl (C=O) groups excluding carboxylic acids is 2. The molecule has 6 rings (SSSR count). The minimum Gasteiger partial charge on any atom is -0.481 e. The first kappa shape index (κ1) is 28.0. The van der Waals surface area contributed by atoms with Gasteiger partial charge in [-0.1, -0.05) is 0 Å². The summed E-state index contributed by atoms with van der Waals surface area (Å²) in [6, 6.07) is 3.77. The van der Waals surface area contributed by atoms with Crippen LogP contribution in [0.3, 0.4) is 0 Å². The number of ether oxygens (including phenoxy) is 1. The van der Waals surface area contributed by atoms with E-state index in [4.69, 9.17) is 4.74 Å². The van der Waals surface area contributed by atoms with Crippen molar-refractivity contribution in [3.63, 3.8) is 0 Å². The normalized spacial score (nSPS) is 23.1. The summed E-state index contributed by atoms with van der Waals surface area (Å²) in [4.78, 5) is 43.5. The first-order chi connectivity index (χ1) is 20.2. The lowest BCUT2D eigenvalue weighted by molar-refractivity contribution is -0.127. The van der Waals surface area contributed by atoms with Gasteiger partial charge < -0.3 is 25.2 Å². The number of piperazine rings is 1. The van der Waals surface area contributed by atoms with E-state index in [2.05, 4.69) is 54.5 Å². The zero-order valence-electron chi connectivity index (χ0n) is 24.1. The lowest BCUT2D eigenvalue weighted by atomic mass is 9.88. The van der Waals surface area contributed by atoms with Gasteiger partial charge in [0.1, 0.15) is 11.5 Å². The summed E-state index contributed by atoms with van der Waals surface area (Å²) >= 11 is 0. The second-order valence-electron chi connectivity index (χ2n) is 11.7. The molecule has 1 aliphatic carbocycles. The topological polar surface area (TPSA) is 141 Å². The van der Waals surface area contributed by atoms with Crippen LogP contribution in [0.25, 0.3) is 11.3 Å². The number of halogens is 1. The molecule has 2 amide bonds. The molecule has 3 fully saturated rings. The van der Waals surface area contributed by atoms with Gasteiger partial charge in [-0.2, -0.15) is 5.10 Å². The average Bonchev–Trinajstić information content (AvgIpc) is 3.56. The molecule has 0 radical (unpaired) electrons. The van der Waals surface area contributed by atoms with Gasteiger partial charge in [0.2, 0.25) is 11.8 Å². The number of aromatic amines is 1. The molecular formula is C29H36FN9O3. The summed E-state index contributed by atoms with van der Waals surface area (Å²) in [5, 5.41) is 13.4. The number of hydrogen-bond acceptors (Lipinski definition) is 9. The number of likely N-dealkylation sites (tertiary alicyclic amines) is 1. The Kier molecular flexibility index (Phi) is 7.52. The quantitative estimate of drug-likeness (QED) is 0.386. The number of amides is 2. The Balaban J connectivity index is 1.04. The first-order valence-electron chi connectivity index (χ1n) is 14.4. The lowest BCUT2D eigenvalue weighted by Gasteiger charge is -2.39. The summed E-state index contributed by atoms with van der Waals surface area (Å²) in [6.07, 6.45) is 7.54. The summed E-state index contributed by atoms with van der Waals surface area (Å²) < 4.78 is 19.5. The Morgan fingerprint density at radius 1 is 1.12 bits per heavy atom. The maximum atomic E-state index is 14.4. The standard InChI is InChI=1S/C29H36FN9O3/c1-17-15-38(16-18(2)35-17)20-11-31-25(32-12-20)14-34-27(40)19-4-7-39(29(10-19)5-6-29)28(41)24-9-23(36-37-24)21-8-26(42-3)33-13-22(21)30/h8-9,11-13,17-19,35H,4-7,10,14-16H2,1-3H3,(H,34,40)(H,36,37)/t17?,18?,19-/m0/s1. The van der Waals surface area contributed by atoms with Crippen LogP contribution in [-0.2, 0) is 11.3 Å². The van der Waals surface area contributed by atoms with Crippen molar-refractivity contribution in [3.8, 4) is 17.1 Å². The Morgan fingerprint density at radius 3 is 2.55 bits per heavy atom. The maximum absolute atomic E-state index is 14.4. The van der Waals surface area contributed by atoms with E-state index >= 15 is 0 Å². The van der Waals surface area contributed by atoms with Gasteiger partial charge in [0.15, 0.2) is 5.82 Å². The van der Waals surface area contributed by atoms with Gasteiger partial charge in [-0.3, -0.25) is 14.7 Å². The number of pyridine rings is 1. The van der Waals surface area contributed by atoms with Crippen LogP contribution < -0.4 is 20.3 Å². The zero-order chi connectivity index (χ0) is 29.4. The average molecular weight is 578 g/mol. The van der Waals surface area contributed by atoms with Crippen LogP contribution >= 0.6 is 0 Å². The van der Waals surface area contributed by atoms with E-state index in [1.165, 1.54) is 13.2 Å². The molecule has 3 aliphatic rings. The van der Waals surface area contributed by atoms with Crippen molar-refractivity contribution in [2.45, 2.75) is 63.7 Å². The van der Waals surface area contributed by atoms with Crippen molar-refractivity contribution >= 4 is 17.5 Å². The Labute approximate surface area is 243 Å². The van der Waals surface area contributed by atoms with E-state index in [-0.39, 0.29) is 47.0 Å². The summed E-state index contributed by atoms with van der Waals surface area (Å²) in [5.74, 6) is -0.185. The van der Waals surface area contributed by atoms with Gasteiger partial charge in [-0.05, 0) is 45.6 Å². The van der Waals surface area contributed by atoms with Crippen LogP contribution in [0.1, 0.15) is 55.8 Å². The number of aromatic nitrogens is 5. The third kappa shape index (κ3) is 5.65. The van der Waals surface area contributed by atoms with E-state index in [0.717, 1.165) is 37.8 Å². The molecule has 3 N–H and O–H groups in total. The Hall–Kier alpha value is -4.13. The van der Waals surface area contributed by atoms with Crippen LogP contribution in [0.5, 0.6) is 5.88 Å². The molecule has 3 aromatic heterocycles. The molecular weight excluding hydrogens is 541 g/mol. The third-order valence-corrected chi connectivity index (χ3v) is 8.50. The Morgan fingerprint density at radius 2 is 1.86 bits per heavy atom. The number of hydrogen-bond donors (Lipinski definition) is 3. The number of rotatable bonds is 7. The van der Waals surface area contributed by atoms with Crippen molar-refractivity contribution in [1.82, 2.24) is 40.7 Å². The minimum atomic E-state index is -0.558. The molecule has 1 saturated carbocycles. The summed E-state index contributed by atoms with van der Waals surface area (Å²) in [6.45, 7) is 6.83. The summed E-state index contributed by atoms with van der Waals surface area (Å²) in [7, 11) is 1.45. The number of anilines is 1. The lowest BCUT2D eigenvalue weighted by Crippen LogP contribution is -2.54. The molecule has 42 heavy (non-hydrogen) atoms. The molecule has 12 nitrogen and oxygen atoms in total. The highest BCUT2D eigenvalue weighted by atomic mass is 19.1. The minimum absolute atomic E-state index is 0.0447. The van der Waals surface area contributed by atoms with E-state index in [1.54, 1.807) is 6.07 Å². The molecule has 0 aromatic carbocycles. The summed E-state index contributed by atoms with van der Waals surface area (Å²) in [5.41, 5.74) is 1.40. The molecule has 0 bridgehead atoms. The number of carbonyl (C=O) groups is 2. The second-order valence-corrected chi connectivity index (χ2v) is 11.7. The second kappa shape index (κ2) is 11.3. The predicted octanol–water partition coefficient (Wildman–Crippen LogP) is 2.30. The first-order valence-corrected chi connectivity index (χ1v) is 14.4. The third-order valence-electron chi connectivity index (χ3n) is 8.50. The van der Waals surface area contributed by atoms with Crippen LogP contribution in [0.15, 0.2) is 30.7 Å². The van der Waals surface area contributed by atoms with Crippen LogP contribution in [0.4, 0.5) is 10.1 Å². The number of nitrogens with zero attached hydrogens (tertiary/aromatic N) is 6. The van der Waals surface area contributed by atoms with Crippen molar-refractivity contribution in [2.24, 2.45) is 5.92 Å². The molecule has 222 valence electrons. The van der Waals surface area contributed by atoms with Gasteiger partial charge in [0, 0.05) is 54.8 Å². The monoisotopic (exact) mass is 577 g/mol. The maximum Gasteiger partial charge on any atom is 0.272 e. The molecule has 3 atom stereocenters. The van der Waals surface area contributed by atoms with Crippen LogP contribution in [0.2, 0.25) is 0 Å². The molecule has 3 aromatic rings. The Bertz CT molecular complexity index is 1450. The molecule has 13 heteroatoms. The van der Waals surface area contributed by atoms with E-state index < -0.39 is 5.82 Å². The van der Waals surface area contributed by atoms with Gasteiger partial charge in [-0.25, -0.2) is 19.3 Å². The number of piperidine rings is 1. The van der Waals surface area contributed by atoms with E-state index in [0.29, 0.717) is 43.0 Å². The van der Waals surface area contributed by atoms with Gasteiger partial charge in [0.05, 0.1) is 43.6 Å². The highest BCUT2D eigenvalue weighted by Crippen LogP contribution is 2.50. The van der Waals surface area contributed by atoms with Crippen molar-refractivity contribution < 1.29 is 18.7 Å². The molecule has 5 heterocycles. The zero-order valence-corrected chi connectivity index (χ0v) is 24.1. The SMILES string of the molecule is COc1cc(-c2cc(C(=O)N3CC[C@H](C(=O)NCc4ncc(N5CC(C)NC(C)C5)cn4)CC34CC4)[nH]n2)c(F)cn1. The fraction of sp³-hybridized carbons (Fsp3) is 0.517. The van der Waals surface area contributed by atoms with Crippen molar-refractivity contribution in [2.75, 3.05) is 31.6 Å². The van der Waals surface area contributed by atoms with E-state index in [9.17, 15) is 14.0 Å². The van der Waals surface area contributed by atoms with Gasteiger partial charge >= 0.3 is 0 Å². The molecule has 1 spiro atoms. The highest BCUT2D eigenvalue weighted by molar-refractivity contribution is 5.94. The molecule has 2 saturated heterocycles. The number of H-pyrrole nitrogens is 1. The van der Waals surface area contributed by atoms with Gasteiger partial charge in [0.25, 0.3) is 5.91 Å². The predicted molar refractivity (Wildman–Crippen MR) is 152 cm³/mol. The molecule has 2 unspecified atom stereocenters.